The van der Waals surface area contributed by atoms with Gasteiger partial charge in [-0.2, -0.15) is 0 Å². The van der Waals surface area contributed by atoms with E-state index in [0.29, 0.717) is 10.8 Å². The van der Waals surface area contributed by atoms with Gasteiger partial charge in [-0.15, -0.1) is 0 Å². The van der Waals surface area contributed by atoms with Crippen LogP contribution < -0.4 is 14.8 Å². The van der Waals surface area contributed by atoms with Gasteiger partial charge in [-0.1, -0.05) is 42.1 Å². The molecule has 0 saturated heterocycles. The molecule has 1 aromatic heterocycles. The number of methoxy groups -OCH3 is 2. The number of amides is 1. The summed E-state index contributed by atoms with van der Waals surface area (Å²) in [5.74, 6) is 1.14. The lowest BCUT2D eigenvalue weighted by Crippen LogP contribution is -2.30. The van der Waals surface area contributed by atoms with Crippen molar-refractivity contribution in [2.75, 3.05) is 20.0 Å². The number of imidazole rings is 1. The minimum Gasteiger partial charge on any atom is -0.497 e. The maximum atomic E-state index is 13.6. The third-order valence-electron chi connectivity index (χ3n) is 5.23. The molecule has 4 aromatic rings. The number of carbonyl (C=O) groups excluding carboxylic acids is 1. The van der Waals surface area contributed by atoms with Gasteiger partial charge in [0.25, 0.3) is 0 Å². The molecule has 0 aliphatic carbocycles. The lowest BCUT2D eigenvalue weighted by Gasteiger charge is -2.20. The first-order chi connectivity index (χ1) is 16.6. The third-order valence-corrected chi connectivity index (χ3v) is 6.20. The molecule has 8 heteroatoms. The quantitative estimate of drug-likeness (QED) is 0.343. The summed E-state index contributed by atoms with van der Waals surface area (Å²) in [4.78, 5) is 17.3. The average molecular weight is 478 g/mol. The van der Waals surface area contributed by atoms with Gasteiger partial charge in [0.15, 0.2) is 5.16 Å². The zero-order chi connectivity index (χ0) is 23.9. The molecule has 1 amide bonds. The van der Waals surface area contributed by atoms with E-state index >= 15 is 0 Å². The first-order valence-electron chi connectivity index (χ1n) is 10.6. The van der Waals surface area contributed by atoms with Crippen molar-refractivity contribution in [3.8, 4) is 17.2 Å². The summed E-state index contributed by atoms with van der Waals surface area (Å²) >= 11 is 1.28. The minimum absolute atomic E-state index is 0.148. The molecule has 34 heavy (non-hydrogen) atoms. The van der Waals surface area contributed by atoms with Crippen LogP contribution in [0.1, 0.15) is 17.2 Å². The van der Waals surface area contributed by atoms with E-state index in [0.717, 1.165) is 22.6 Å². The second kappa shape index (κ2) is 10.9. The van der Waals surface area contributed by atoms with Crippen LogP contribution in [0.5, 0.6) is 11.5 Å². The van der Waals surface area contributed by atoms with E-state index in [1.165, 1.54) is 23.9 Å². The number of nitrogens with one attached hydrogen (secondary N) is 1. The standard InChI is InChI=1S/C26H24FN3O3S/c1-32-22-10-6-18(7-11-22)25(19-8-12-23(33-2)13-9-19)29-24(31)17-34-26-28-14-15-30(26)21-5-3-4-20(27)16-21/h3-16,25H,17H2,1-2H3,(H,29,31). The van der Waals surface area contributed by atoms with E-state index < -0.39 is 0 Å². The zero-order valence-electron chi connectivity index (χ0n) is 18.8. The number of thioether (sulfide) groups is 1. The molecule has 3 aromatic carbocycles. The summed E-state index contributed by atoms with van der Waals surface area (Å²) in [5.41, 5.74) is 2.49. The molecule has 0 radical (unpaired) electrons. The second-order valence-corrected chi connectivity index (χ2v) is 8.34. The fourth-order valence-corrected chi connectivity index (χ4v) is 4.29. The minimum atomic E-state index is -0.354. The number of nitrogens with zero attached hydrogens (tertiary/aromatic N) is 2. The lowest BCUT2D eigenvalue weighted by molar-refractivity contribution is -0.119. The Morgan fingerprint density at radius 2 is 1.62 bits per heavy atom. The second-order valence-electron chi connectivity index (χ2n) is 7.40. The van der Waals surface area contributed by atoms with Crippen molar-refractivity contribution in [1.29, 1.82) is 0 Å². The molecule has 1 heterocycles. The van der Waals surface area contributed by atoms with Crippen molar-refractivity contribution in [2.45, 2.75) is 11.2 Å². The summed E-state index contributed by atoms with van der Waals surface area (Å²) in [7, 11) is 3.23. The molecular weight excluding hydrogens is 453 g/mol. The van der Waals surface area contributed by atoms with E-state index in [9.17, 15) is 9.18 Å². The molecular formula is C26H24FN3O3S. The largest absolute Gasteiger partial charge is 0.497 e. The van der Waals surface area contributed by atoms with E-state index in [4.69, 9.17) is 9.47 Å². The highest BCUT2D eigenvalue weighted by atomic mass is 32.2. The lowest BCUT2D eigenvalue weighted by atomic mass is 9.98. The highest BCUT2D eigenvalue weighted by molar-refractivity contribution is 7.99. The number of aromatic nitrogens is 2. The van der Waals surface area contributed by atoms with Gasteiger partial charge in [-0.25, -0.2) is 9.37 Å². The molecule has 0 bridgehead atoms. The molecule has 0 unspecified atom stereocenters. The van der Waals surface area contributed by atoms with Crippen LogP contribution in [0.4, 0.5) is 4.39 Å². The molecule has 0 aliphatic rings. The summed E-state index contributed by atoms with van der Waals surface area (Å²) in [5, 5.41) is 3.72. The van der Waals surface area contributed by atoms with E-state index in [1.54, 1.807) is 43.3 Å². The summed E-state index contributed by atoms with van der Waals surface area (Å²) in [6.45, 7) is 0. The molecule has 0 atom stereocenters. The Morgan fingerprint density at radius 1 is 1.00 bits per heavy atom. The van der Waals surface area contributed by atoms with Crippen LogP contribution in [-0.4, -0.2) is 35.4 Å². The normalized spacial score (nSPS) is 10.8. The smallest absolute Gasteiger partial charge is 0.231 e. The number of hydrogen-bond donors (Lipinski definition) is 1. The van der Waals surface area contributed by atoms with Crippen molar-refractivity contribution in [3.63, 3.8) is 0 Å². The van der Waals surface area contributed by atoms with Gasteiger partial charge in [0.1, 0.15) is 17.3 Å². The summed E-state index contributed by atoms with van der Waals surface area (Å²) in [6, 6.07) is 21.1. The van der Waals surface area contributed by atoms with Crippen LogP contribution in [0, 0.1) is 5.82 Å². The molecule has 0 spiro atoms. The van der Waals surface area contributed by atoms with Crippen LogP contribution >= 0.6 is 11.8 Å². The van der Waals surface area contributed by atoms with E-state index in [2.05, 4.69) is 10.3 Å². The SMILES string of the molecule is COc1ccc(C(NC(=O)CSc2nccn2-c2cccc(F)c2)c2ccc(OC)cc2)cc1. The van der Waals surface area contributed by atoms with Gasteiger partial charge in [-0.05, 0) is 53.6 Å². The summed E-state index contributed by atoms with van der Waals surface area (Å²) < 4.78 is 25.9. The average Bonchev–Trinajstić information content (AvgIpc) is 3.35. The predicted octanol–water partition coefficient (Wildman–Crippen LogP) is 5.03. The predicted molar refractivity (Wildman–Crippen MR) is 130 cm³/mol. The van der Waals surface area contributed by atoms with Gasteiger partial charge < -0.3 is 14.8 Å². The monoisotopic (exact) mass is 477 g/mol. The number of ether oxygens (including phenoxy) is 2. The maximum absolute atomic E-state index is 13.6. The molecule has 174 valence electrons. The van der Waals surface area contributed by atoms with Crippen molar-refractivity contribution in [3.05, 3.63) is 102 Å². The number of halogens is 1. The molecule has 0 aliphatic heterocycles. The first kappa shape index (κ1) is 23.4. The van der Waals surface area contributed by atoms with E-state index in [1.807, 2.05) is 48.5 Å². The molecule has 0 fully saturated rings. The van der Waals surface area contributed by atoms with Gasteiger partial charge >= 0.3 is 0 Å². The topological polar surface area (TPSA) is 65.4 Å². The van der Waals surface area contributed by atoms with Crippen LogP contribution in [0.15, 0.2) is 90.3 Å². The first-order valence-corrected chi connectivity index (χ1v) is 11.6. The van der Waals surface area contributed by atoms with E-state index in [-0.39, 0.29) is 23.5 Å². The Balaban J connectivity index is 1.50. The third kappa shape index (κ3) is 5.58. The number of hydrogen-bond acceptors (Lipinski definition) is 5. The van der Waals surface area contributed by atoms with Crippen LogP contribution in [0.2, 0.25) is 0 Å². The van der Waals surface area contributed by atoms with Crippen molar-refractivity contribution < 1.29 is 18.7 Å². The highest BCUT2D eigenvalue weighted by Crippen LogP contribution is 2.27. The summed E-state index contributed by atoms with van der Waals surface area (Å²) in [6.07, 6.45) is 3.37. The van der Waals surface area contributed by atoms with Crippen molar-refractivity contribution in [1.82, 2.24) is 14.9 Å². The van der Waals surface area contributed by atoms with Gasteiger partial charge in [0.05, 0.1) is 31.7 Å². The molecule has 6 nitrogen and oxygen atoms in total. The van der Waals surface area contributed by atoms with Crippen LogP contribution in [0.3, 0.4) is 0 Å². The Bertz CT molecular complexity index is 1200. The Hall–Kier alpha value is -3.78. The molecule has 4 rings (SSSR count). The maximum Gasteiger partial charge on any atom is 0.231 e. The fourth-order valence-electron chi connectivity index (χ4n) is 3.50. The van der Waals surface area contributed by atoms with Crippen molar-refractivity contribution in [2.24, 2.45) is 0 Å². The number of rotatable bonds is 9. The Labute approximate surface area is 201 Å². The van der Waals surface area contributed by atoms with Gasteiger partial charge in [0, 0.05) is 12.4 Å². The number of carbonyl (C=O) groups is 1. The van der Waals surface area contributed by atoms with Gasteiger partial charge in [0.2, 0.25) is 5.91 Å². The van der Waals surface area contributed by atoms with Crippen LogP contribution in [0.25, 0.3) is 5.69 Å². The zero-order valence-corrected chi connectivity index (χ0v) is 19.6. The molecule has 0 saturated carbocycles. The Morgan fingerprint density at radius 3 is 2.18 bits per heavy atom. The van der Waals surface area contributed by atoms with Crippen molar-refractivity contribution >= 4 is 17.7 Å². The molecule has 1 N–H and O–H groups in total. The Kier molecular flexibility index (Phi) is 7.49. The van der Waals surface area contributed by atoms with Gasteiger partial charge in [-0.3, -0.25) is 9.36 Å². The number of benzene rings is 3. The fraction of sp³-hybridized carbons (Fsp3) is 0.154. The highest BCUT2D eigenvalue weighted by Gasteiger charge is 2.18. The van der Waals surface area contributed by atoms with Crippen LogP contribution in [-0.2, 0) is 4.79 Å².